The second-order valence-electron chi connectivity index (χ2n) is 8.02. The van der Waals surface area contributed by atoms with Crippen LogP contribution in [0.4, 0.5) is 0 Å². The van der Waals surface area contributed by atoms with E-state index in [1.54, 1.807) is 0 Å². The molecule has 0 unspecified atom stereocenters. The third-order valence-electron chi connectivity index (χ3n) is 5.90. The van der Waals surface area contributed by atoms with Crippen LogP contribution in [0.15, 0.2) is 72.8 Å². The van der Waals surface area contributed by atoms with Gasteiger partial charge in [0.05, 0.1) is 13.0 Å². The molecule has 0 bridgehead atoms. The summed E-state index contributed by atoms with van der Waals surface area (Å²) in [5.74, 6) is 0.261. The number of allylic oxidation sites excluding steroid dienone is 1. The number of rotatable bonds is 9. The molecule has 3 nitrogen and oxygen atoms in total. The highest BCUT2D eigenvalue weighted by atomic mass is 16.5. The summed E-state index contributed by atoms with van der Waals surface area (Å²) in [6.07, 6.45) is 8.41. The molecule has 0 spiro atoms. The predicted molar refractivity (Wildman–Crippen MR) is 118 cm³/mol. The predicted octanol–water partition coefficient (Wildman–Crippen LogP) is 5.61. The molecule has 0 radical (unpaired) electrons. The van der Waals surface area contributed by atoms with Gasteiger partial charge in [-0.1, -0.05) is 86.2 Å². The Kier molecular flexibility index (Phi) is 8.06. The number of benzene rings is 2. The lowest BCUT2D eigenvalue weighted by atomic mass is 9.80. The molecule has 0 fully saturated rings. The number of methoxy groups -OCH3 is 1. The van der Waals surface area contributed by atoms with E-state index in [4.69, 9.17) is 4.74 Å². The van der Waals surface area contributed by atoms with Crippen molar-refractivity contribution in [3.05, 3.63) is 83.9 Å². The van der Waals surface area contributed by atoms with Crippen LogP contribution >= 0.6 is 0 Å². The molecule has 0 aliphatic heterocycles. The number of ether oxygens (including phenoxy) is 1. The molecule has 0 saturated carbocycles. The summed E-state index contributed by atoms with van der Waals surface area (Å²) in [4.78, 5) is 14.8. The zero-order valence-electron chi connectivity index (χ0n) is 17.7. The molecule has 1 aliphatic rings. The van der Waals surface area contributed by atoms with Gasteiger partial charge in [-0.2, -0.15) is 0 Å². The zero-order chi connectivity index (χ0) is 20.5. The molecule has 154 valence electrons. The summed E-state index contributed by atoms with van der Waals surface area (Å²) in [5, 5.41) is 0. The Balaban J connectivity index is 1.85. The number of hydrogen-bond donors (Lipinski definition) is 0. The molecule has 0 aromatic heterocycles. The van der Waals surface area contributed by atoms with Crippen LogP contribution in [0.5, 0.6) is 0 Å². The molecule has 2 aromatic rings. The second kappa shape index (κ2) is 11.0. The van der Waals surface area contributed by atoms with Gasteiger partial charge in [-0.15, -0.1) is 0 Å². The minimum Gasteiger partial charge on any atom is -0.469 e. The molecule has 3 atom stereocenters. The minimum atomic E-state index is -0.0766. The van der Waals surface area contributed by atoms with Crippen LogP contribution in [0.1, 0.15) is 43.7 Å². The number of esters is 1. The maximum atomic E-state index is 12.2. The minimum absolute atomic E-state index is 0.0235. The fraction of sp³-hybridized carbons (Fsp3) is 0.423. The van der Waals surface area contributed by atoms with E-state index >= 15 is 0 Å². The maximum absolute atomic E-state index is 12.2. The van der Waals surface area contributed by atoms with Crippen molar-refractivity contribution in [1.82, 2.24) is 4.90 Å². The Morgan fingerprint density at radius 2 is 1.62 bits per heavy atom. The average molecular weight is 392 g/mol. The Morgan fingerprint density at radius 3 is 2.14 bits per heavy atom. The van der Waals surface area contributed by atoms with Gasteiger partial charge in [0.15, 0.2) is 0 Å². The van der Waals surface area contributed by atoms with Crippen molar-refractivity contribution in [2.24, 2.45) is 11.8 Å². The maximum Gasteiger partial charge on any atom is 0.308 e. The van der Waals surface area contributed by atoms with Crippen LogP contribution < -0.4 is 0 Å². The quantitative estimate of drug-likeness (QED) is 0.411. The van der Waals surface area contributed by atoms with Crippen molar-refractivity contribution in [1.29, 1.82) is 0 Å². The Morgan fingerprint density at radius 1 is 1.03 bits per heavy atom. The van der Waals surface area contributed by atoms with Crippen LogP contribution in [-0.4, -0.2) is 24.0 Å². The van der Waals surface area contributed by atoms with Gasteiger partial charge in [-0.3, -0.25) is 9.69 Å². The first-order valence-electron chi connectivity index (χ1n) is 10.8. The molecule has 0 saturated heterocycles. The smallest absolute Gasteiger partial charge is 0.308 e. The topological polar surface area (TPSA) is 29.5 Å². The molecule has 1 aliphatic carbocycles. The van der Waals surface area contributed by atoms with Gasteiger partial charge in [0.25, 0.3) is 0 Å². The van der Waals surface area contributed by atoms with E-state index in [2.05, 4.69) is 84.6 Å². The van der Waals surface area contributed by atoms with Gasteiger partial charge in [0.2, 0.25) is 0 Å². The molecule has 3 rings (SSSR count). The van der Waals surface area contributed by atoms with Crippen molar-refractivity contribution in [3.63, 3.8) is 0 Å². The molecule has 29 heavy (non-hydrogen) atoms. The van der Waals surface area contributed by atoms with E-state index in [0.717, 1.165) is 38.8 Å². The highest BCUT2D eigenvalue weighted by Gasteiger charge is 2.32. The summed E-state index contributed by atoms with van der Waals surface area (Å²) in [6.45, 7) is 4.07. The number of nitrogens with zero attached hydrogens (tertiary/aromatic N) is 1. The molecule has 0 heterocycles. The van der Waals surface area contributed by atoms with Gasteiger partial charge in [0.1, 0.15) is 0 Å². The van der Waals surface area contributed by atoms with Gasteiger partial charge >= 0.3 is 5.97 Å². The van der Waals surface area contributed by atoms with Gasteiger partial charge in [-0.25, -0.2) is 0 Å². The highest BCUT2D eigenvalue weighted by molar-refractivity contribution is 5.72. The summed E-state index contributed by atoms with van der Waals surface area (Å²) in [5.41, 5.74) is 2.66. The molecular weight excluding hydrogens is 358 g/mol. The van der Waals surface area contributed by atoms with Crippen LogP contribution in [-0.2, 0) is 22.6 Å². The fourth-order valence-corrected chi connectivity index (χ4v) is 4.45. The Labute approximate surface area is 175 Å². The first-order chi connectivity index (χ1) is 14.2. The van der Waals surface area contributed by atoms with Crippen molar-refractivity contribution < 1.29 is 9.53 Å². The summed E-state index contributed by atoms with van der Waals surface area (Å²) in [6, 6.07) is 21.8. The Bertz CT molecular complexity index is 730. The van der Waals surface area contributed by atoms with E-state index in [0.29, 0.717) is 12.0 Å². The van der Waals surface area contributed by atoms with Crippen molar-refractivity contribution in [2.75, 3.05) is 7.11 Å². The Hall–Kier alpha value is -2.39. The molecule has 3 heteroatoms. The lowest BCUT2D eigenvalue weighted by Crippen LogP contribution is -2.41. The second-order valence-corrected chi connectivity index (χ2v) is 8.02. The van der Waals surface area contributed by atoms with E-state index in [9.17, 15) is 4.79 Å². The van der Waals surface area contributed by atoms with Gasteiger partial charge in [0, 0.05) is 19.1 Å². The van der Waals surface area contributed by atoms with Crippen LogP contribution in [0.2, 0.25) is 0 Å². The van der Waals surface area contributed by atoms with Crippen molar-refractivity contribution >= 4 is 5.97 Å². The standard InChI is InChI=1S/C26H33NO2/c1-3-11-25(23-16-10-17-24(18-23)26(28)29-2)27(19-21-12-6-4-7-13-21)20-22-14-8-5-9-15-22/h4-10,12-16,23-25H,3,11,17-20H2,1-2H3/t23-,24+,25-/m0/s1. The lowest BCUT2D eigenvalue weighted by Gasteiger charge is -2.38. The highest BCUT2D eigenvalue weighted by Crippen LogP contribution is 2.32. The van der Waals surface area contributed by atoms with Crippen LogP contribution in [0.25, 0.3) is 0 Å². The fourth-order valence-electron chi connectivity index (χ4n) is 4.45. The zero-order valence-corrected chi connectivity index (χ0v) is 17.7. The SMILES string of the molecule is CCC[C@@H]([C@H]1C=CC[C@@H](C(=O)OC)C1)N(Cc1ccccc1)Cc1ccccc1. The molecule has 0 N–H and O–H groups in total. The van der Waals surface area contributed by atoms with E-state index in [-0.39, 0.29) is 11.9 Å². The van der Waals surface area contributed by atoms with E-state index in [1.165, 1.54) is 18.2 Å². The van der Waals surface area contributed by atoms with E-state index < -0.39 is 0 Å². The largest absolute Gasteiger partial charge is 0.469 e. The first-order valence-corrected chi connectivity index (χ1v) is 10.8. The average Bonchev–Trinajstić information content (AvgIpc) is 2.78. The van der Waals surface area contributed by atoms with Crippen LogP contribution in [0.3, 0.4) is 0 Å². The summed E-state index contributed by atoms with van der Waals surface area (Å²) in [7, 11) is 1.50. The number of carbonyl (C=O) groups is 1. The number of hydrogen-bond acceptors (Lipinski definition) is 3. The summed E-state index contributed by atoms with van der Waals surface area (Å²) >= 11 is 0. The monoisotopic (exact) mass is 391 g/mol. The third kappa shape index (κ3) is 6.04. The summed E-state index contributed by atoms with van der Waals surface area (Å²) < 4.78 is 5.04. The first kappa shape index (κ1) is 21.3. The normalized spacial score (nSPS) is 19.8. The van der Waals surface area contributed by atoms with Gasteiger partial charge < -0.3 is 4.74 Å². The number of carbonyl (C=O) groups excluding carboxylic acids is 1. The van der Waals surface area contributed by atoms with Gasteiger partial charge in [-0.05, 0) is 36.3 Å². The van der Waals surface area contributed by atoms with Crippen LogP contribution in [0, 0.1) is 11.8 Å². The molecule has 0 amide bonds. The molecule has 2 aromatic carbocycles. The van der Waals surface area contributed by atoms with Crippen molar-refractivity contribution in [2.45, 2.75) is 51.7 Å². The molecular formula is C26H33NO2. The van der Waals surface area contributed by atoms with Crippen molar-refractivity contribution in [3.8, 4) is 0 Å². The van der Waals surface area contributed by atoms with E-state index in [1.807, 2.05) is 0 Å². The lowest BCUT2D eigenvalue weighted by molar-refractivity contribution is -0.146. The third-order valence-corrected chi connectivity index (χ3v) is 5.90.